The van der Waals surface area contributed by atoms with Gasteiger partial charge in [0, 0.05) is 30.9 Å². The van der Waals surface area contributed by atoms with Gasteiger partial charge in [0.15, 0.2) is 0 Å². The van der Waals surface area contributed by atoms with Gasteiger partial charge in [-0.3, -0.25) is 4.79 Å². The number of nitrogens with zero attached hydrogens (tertiary/aromatic N) is 1. The lowest BCUT2D eigenvalue weighted by atomic mass is 9.73. The summed E-state index contributed by atoms with van der Waals surface area (Å²) in [6.07, 6.45) is 7.65. The Morgan fingerprint density at radius 1 is 1.41 bits per heavy atom. The number of carbonyl (C=O) groups is 1. The molecule has 1 aliphatic carbocycles. The first-order valence-electron chi connectivity index (χ1n) is 5.89. The highest BCUT2D eigenvalue weighted by molar-refractivity contribution is 5.93. The number of amides is 1. The van der Waals surface area contributed by atoms with Gasteiger partial charge < -0.3 is 16.0 Å². The van der Waals surface area contributed by atoms with Gasteiger partial charge in [-0.1, -0.05) is 0 Å². The Labute approximate surface area is 107 Å². The van der Waals surface area contributed by atoms with E-state index in [1.165, 1.54) is 25.0 Å². The second kappa shape index (κ2) is 4.35. The molecule has 1 saturated carbocycles. The molecule has 0 radical (unpaired) electrons. The number of rotatable bonds is 1. The molecule has 3 aliphatic rings. The Bertz CT molecular complexity index is 399. The van der Waals surface area contributed by atoms with E-state index in [4.69, 9.17) is 5.73 Å². The maximum atomic E-state index is 11.2. The topological polar surface area (TPSA) is 58.4 Å². The van der Waals surface area contributed by atoms with Crippen molar-refractivity contribution in [3.63, 3.8) is 0 Å². The zero-order valence-corrected chi connectivity index (χ0v) is 10.6. The molecule has 2 heterocycles. The molecule has 3 N–H and O–H groups in total. The van der Waals surface area contributed by atoms with Crippen molar-refractivity contribution in [1.29, 1.82) is 0 Å². The van der Waals surface area contributed by atoms with E-state index in [1.54, 1.807) is 0 Å². The van der Waals surface area contributed by atoms with E-state index in [9.17, 15) is 4.79 Å². The summed E-state index contributed by atoms with van der Waals surface area (Å²) in [5.74, 6) is -0.289. The minimum atomic E-state index is -0.289. The van der Waals surface area contributed by atoms with Gasteiger partial charge in [-0.15, -0.1) is 12.4 Å². The van der Waals surface area contributed by atoms with Crippen LogP contribution in [0.5, 0.6) is 0 Å². The summed E-state index contributed by atoms with van der Waals surface area (Å²) in [7, 11) is 0. The summed E-state index contributed by atoms with van der Waals surface area (Å²) in [6, 6.07) is 0. The van der Waals surface area contributed by atoms with Crippen LogP contribution in [-0.4, -0.2) is 36.0 Å². The molecule has 0 bridgehead atoms. The van der Waals surface area contributed by atoms with Crippen LogP contribution in [-0.2, 0) is 4.79 Å². The quantitative estimate of drug-likeness (QED) is 0.719. The van der Waals surface area contributed by atoms with E-state index in [2.05, 4.69) is 10.2 Å². The molecule has 2 aliphatic heterocycles. The van der Waals surface area contributed by atoms with Crippen molar-refractivity contribution in [3.05, 3.63) is 23.4 Å². The van der Waals surface area contributed by atoms with Gasteiger partial charge in [0.25, 0.3) is 0 Å². The van der Waals surface area contributed by atoms with E-state index in [0.29, 0.717) is 6.54 Å². The van der Waals surface area contributed by atoms with E-state index in [1.807, 2.05) is 12.2 Å². The van der Waals surface area contributed by atoms with Crippen molar-refractivity contribution in [2.75, 3.05) is 19.6 Å². The molecular formula is C12H18ClN3O. The molecule has 0 unspecified atom stereocenters. The molecule has 4 nitrogen and oxygen atoms in total. The summed E-state index contributed by atoms with van der Waals surface area (Å²) >= 11 is 0. The molecule has 17 heavy (non-hydrogen) atoms. The monoisotopic (exact) mass is 255 g/mol. The number of carbonyl (C=O) groups excluding carboxylic acids is 1. The van der Waals surface area contributed by atoms with Crippen molar-refractivity contribution < 1.29 is 4.79 Å². The Morgan fingerprint density at radius 2 is 2.18 bits per heavy atom. The highest BCUT2D eigenvalue weighted by Gasteiger charge is 2.46. The van der Waals surface area contributed by atoms with E-state index >= 15 is 0 Å². The van der Waals surface area contributed by atoms with Crippen LogP contribution in [0.1, 0.15) is 19.3 Å². The molecule has 1 spiro atoms. The van der Waals surface area contributed by atoms with Crippen LogP contribution in [0, 0.1) is 0 Å². The van der Waals surface area contributed by atoms with Crippen LogP contribution in [0.15, 0.2) is 23.4 Å². The fraction of sp³-hybridized carbons (Fsp3) is 0.583. The predicted molar refractivity (Wildman–Crippen MR) is 68.8 cm³/mol. The molecule has 0 aromatic heterocycles. The molecule has 3 rings (SSSR count). The van der Waals surface area contributed by atoms with Gasteiger partial charge in [0.1, 0.15) is 0 Å². The van der Waals surface area contributed by atoms with Gasteiger partial charge >= 0.3 is 0 Å². The van der Waals surface area contributed by atoms with Crippen molar-refractivity contribution in [3.8, 4) is 0 Å². The lowest BCUT2D eigenvalue weighted by Gasteiger charge is -2.56. The fourth-order valence-corrected chi connectivity index (χ4v) is 2.95. The number of piperazine rings is 1. The highest BCUT2D eigenvalue weighted by Crippen LogP contribution is 2.42. The number of hydrogen-bond acceptors (Lipinski definition) is 3. The lowest BCUT2D eigenvalue weighted by Crippen LogP contribution is -2.64. The number of hydrogen-bond donors (Lipinski definition) is 2. The van der Waals surface area contributed by atoms with E-state index in [-0.39, 0.29) is 23.9 Å². The number of nitrogens with two attached hydrogens (primary N) is 1. The largest absolute Gasteiger partial charge is 0.366 e. The molecule has 1 saturated heterocycles. The Morgan fingerprint density at radius 3 is 2.76 bits per heavy atom. The second-order valence-corrected chi connectivity index (χ2v) is 4.98. The van der Waals surface area contributed by atoms with Gasteiger partial charge in [0.2, 0.25) is 5.91 Å². The first-order chi connectivity index (χ1) is 7.71. The van der Waals surface area contributed by atoms with Gasteiger partial charge in [0.05, 0.1) is 5.54 Å². The van der Waals surface area contributed by atoms with Gasteiger partial charge in [-0.05, 0) is 31.4 Å². The van der Waals surface area contributed by atoms with Crippen LogP contribution in [0.25, 0.3) is 0 Å². The zero-order chi connectivity index (χ0) is 11.2. The molecular weight excluding hydrogens is 238 g/mol. The minimum Gasteiger partial charge on any atom is -0.366 e. The average Bonchev–Trinajstić information content (AvgIpc) is 2.25. The highest BCUT2D eigenvalue weighted by atomic mass is 35.5. The maximum Gasteiger partial charge on any atom is 0.246 e. The second-order valence-electron chi connectivity index (χ2n) is 4.98. The molecule has 0 aromatic carbocycles. The van der Waals surface area contributed by atoms with Crippen molar-refractivity contribution in [2.24, 2.45) is 5.73 Å². The minimum absolute atomic E-state index is 0. The van der Waals surface area contributed by atoms with Crippen LogP contribution in [0.2, 0.25) is 0 Å². The zero-order valence-electron chi connectivity index (χ0n) is 9.74. The number of fused-ring (bicyclic) bond motifs is 2. The summed E-state index contributed by atoms with van der Waals surface area (Å²) in [4.78, 5) is 13.6. The normalized spacial score (nSPS) is 25.1. The summed E-state index contributed by atoms with van der Waals surface area (Å²) < 4.78 is 0. The number of halogens is 1. The van der Waals surface area contributed by atoms with Crippen LogP contribution >= 0.6 is 12.4 Å². The smallest absolute Gasteiger partial charge is 0.246 e. The fourth-order valence-electron chi connectivity index (χ4n) is 2.95. The SMILES string of the molecule is Cl.NC(=O)C1=CC=C2CNCC3(CCC3)N2C1. The Balaban J connectivity index is 0.00000108. The van der Waals surface area contributed by atoms with Gasteiger partial charge in [-0.2, -0.15) is 0 Å². The maximum absolute atomic E-state index is 11.2. The first-order valence-corrected chi connectivity index (χ1v) is 5.89. The predicted octanol–water partition coefficient (Wildman–Crippen LogP) is 0.545. The summed E-state index contributed by atoms with van der Waals surface area (Å²) in [6.45, 7) is 2.64. The number of primary amides is 1. The third-order valence-corrected chi connectivity index (χ3v) is 4.09. The number of nitrogens with one attached hydrogen (secondary N) is 1. The van der Waals surface area contributed by atoms with Crippen LogP contribution in [0.3, 0.4) is 0 Å². The standard InChI is InChI=1S/C12H17N3O.ClH/c13-11(16)9-2-3-10-6-14-8-12(4-1-5-12)15(10)7-9;/h2-3,14H,1,4-8H2,(H2,13,16);1H. The third-order valence-electron chi connectivity index (χ3n) is 4.09. The molecule has 1 amide bonds. The summed E-state index contributed by atoms with van der Waals surface area (Å²) in [5.41, 5.74) is 7.66. The molecule has 0 aromatic rings. The van der Waals surface area contributed by atoms with Gasteiger partial charge in [-0.25, -0.2) is 0 Å². The van der Waals surface area contributed by atoms with Crippen LogP contribution in [0.4, 0.5) is 0 Å². The van der Waals surface area contributed by atoms with Crippen molar-refractivity contribution in [2.45, 2.75) is 24.8 Å². The molecule has 5 heteroatoms. The average molecular weight is 256 g/mol. The number of allylic oxidation sites excluding steroid dienone is 2. The molecule has 0 atom stereocenters. The Hall–Kier alpha value is -1.00. The van der Waals surface area contributed by atoms with Crippen molar-refractivity contribution in [1.82, 2.24) is 10.2 Å². The lowest BCUT2D eigenvalue weighted by molar-refractivity contribution is -0.115. The van der Waals surface area contributed by atoms with E-state index < -0.39 is 0 Å². The Kier molecular flexibility index (Phi) is 3.19. The molecule has 94 valence electrons. The summed E-state index contributed by atoms with van der Waals surface area (Å²) in [5, 5.41) is 3.47. The third kappa shape index (κ3) is 1.85. The van der Waals surface area contributed by atoms with E-state index in [0.717, 1.165) is 18.7 Å². The van der Waals surface area contributed by atoms with Crippen LogP contribution < -0.4 is 11.1 Å². The first kappa shape index (κ1) is 12.5. The van der Waals surface area contributed by atoms with Crippen molar-refractivity contribution >= 4 is 18.3 Å². The molecule has 2 fully saturated rings.